The smallest absolute Gasteiger partial charge is 0.239 e. The molecule has 0 aliphatic carbocycles. The van der Waals surface area contributed by atoms with Gasteiger partial charge in [0.25, 0.3) is 0 Å². The average Bonchev–Trinajstić information content (AvgIpc) is 2.24. The van der Waals surface area contributed by atoms with E-state index in [4.69, 9.17) is 10.5 Å². The van der Waals surface area contributed by atoms with E-state index in [-0.39, 0.29) is 12.5 Å². The van der Waals surface area contributed by atoms with Gasteiger partial charge in [-0.3, -0.25) is 4.79 Å². The molecule has 84 valence electrons. The summed E-state index contributed by atoms with van der Waals surface area (Å²) < 4.78 is 4.77. The predicted octanol–water partition coefficient (Wildman–Crippen LogP) is 0.375. The highest BCUT2D eigenvalue weighted by Gasteiger charge is 2.11. The highest BCUT2D eigenvalue weighted by molar-refractivity contribution is 5.81. The van der Waals surface area contributed by atoms with Crippen LogP contribution in [0.1, 0.15) is 0 Å². The molecule has 0 rings (SSSR count). The standard InChI is InChI=1S/C11H18N2O2/c1-4-6-9(5-2)7-13-11(14)10(12)8-15-3/h4-6,10H,1-2,7-8,12H2,3H3,(H,13,14)/b9-6+. The van der Waals surface area contributed by atoms with Gasteiger partial charge in [0.15, 0.2) is 0 Å². The van der Waals surface area contributed by atoms with Gasteiger partial charge in [-0.2, -0.15) is 0 Å². The molecule has 0 spiro atoms. The summed E-state index contributed by atoms with van der Waals surface area (Å²) in [6, 6.07) is -0.634. The third-order valence-electron chi connectivity index (χ3n) is 1.74. The summed E-state index contributed by atoms with van der Waals surface area (Å²) in [6.45, 7) is 7.78. The second kappa shape index (κ2) is 7.96. The minimum atomic E-state index is -0.634. The van der Waals surface area contributed by atoms with Crippen LogP contribution in [0.15, 0.2) is 37.0 Å². The number of hydrogen-bond acceptors (Lipinski definition) is 3. The summed E-state index contributed by atoms with van der Waals surface area (Å²) in [6.07, 6.45) is 5.07. The maximum absolute atomic E-state index is 11.4. The van der Waals surface area contributed by atoms with E-state index in [1.165, 1.54) is 7.11 Å². The van der Waals surface area contributed by atoms with E-state index in [1.807, 2.05) is 0 Å². The molecule has 0 bridgehead atoms. The van der Waals surface area contributed by atoms with Crippen LogP contribution in [0.25, 0.3) is 0 Å². The maximum Gasteiger partial charge on any atom is 0.239 e. The summed E-state index contributed by atoms with van der Waals surface area (Å²) in [5.41, 5.74) is 6.40. The molecule has 0 saturated carbocycles. The first kappa shape index (κ1) is 13.6. The normalized spacial score (nSPS) is 13.1. The Balaban J connectivity index is 4.03. The fourth-order valence-electron chi connectivity index (χ4n) is 0.926. The van der Waals surface area contributed by atoms with Crippen LogP contribution in [0.3, 0.4) is 0 Å². The van der Waals surface area contributed by atoms with E-state index < -0.39 is 6.04 Å². The molecule has 0 heterocycles. The largest absolute Gasteiger partial charge is 0.383 e. The SMILES string of the molecule is C=C/C=C(\C=C)CNC(=O)C(N)COC. The van der Waals surface area contributed by atoms with Crippen molar-refractivity contribution < 1.29 is 9.53 Å². The average molecular weight is 210 g/mol. The molecular weight excluding hydrogens is 192 g/mol. The molecule has 0 fully saturated rings. The Bertz CT molecular complexity index is 259. The lowest BCUT2D eigenvalue weighted by molar-refractivity contribution is -0.123. The van der Waals surface area contributed by atoms with Crippen molar-refractivity contribution in [3.63, 3.8) is 0 Å². The Morgan fingerprint density at radius 3 is 2.73 bits per heavy atom. The van der Waals surface area contributed by atoms with Crippen molar-refractivity contribution in [2.24, 2.45) is 5.73 Å². The number of amides is 1. The maximum atomic E-state index is 11.4. The number of carbonyl (C=O) groups excluding carboxylic acids is 1. The predicted molar refractivity (Wildman–Crippen MR) is 61.3 cm³/mol. The fourth-order valence-corrected chi connectivity index (χ4v) is 0.926. The number of nitrogens with two attached hydrogens (primary N) is 1. The Kier molecular flexibility index (Phi) is 7.23. The van der Waals surface area contributed by atoms with Gasteiger partial charge in [0.2, 0.25) is 5.91 Å². The summed E-state index contributed by atoms with van der Waals surface area (Å²) in [7, 11) is 1.50. The van der Waals surface area contributed by atoms with Crippen molar-refractivity contribution in [2.75, 3.05) is 20.3 Å². The number of carbonyl (C=O) groups is 1. The first-order valence-corrected chi connectivity index (χ1v) is 4.62. The molecule has 4 heteroatoms. The van der Waals surface area contributed by atoms with Gasteiger partial charge >= 0.3 is 0 Å². The van der Waals surface area contributed by atoms with Crippen molar-refractivity contribution in [2.45, 2.75) is 6.04 Å². The Morgan fingerprint density at radius 1 is 1.60 bits per heavy atom. The number of methoxy groups -OCH3 is 1. The molecule has 0 radical (unpaired) electrons. The van der Waals surface area contributed by atoms with Crippen molar-refractivity contribution in [1.29, 1.82) is 0 Å². The molecule has 0 aliphatic heterocycles. The van der Waals surface area contributed by atoms with Gasteiger partial charge in [0, 0.05) is 13.7 Å². The molecule has 15 heavy (non-hydrogen) atoms. The van der Waals surface area contributed by atoms with E-state index in [9.17, 15) is 4.79 Å². The number of hydrogen-bond donors (Lipinski definition) is 2. The van der Waals surface area contributed by atoms with Gasteiger partial charge in [-0.1, -0.05) is 31.4 Å². The summed E-state index contributed by atoms with van der Waals surface area (Å²) in [5.74, 6) is -0.242. The Hall–Kier alpha value is -1.39. The molecule has 1 amide bonds. The van der Waals surface area contributed by atoms with E-state index in [0.29, 0.717) is 6.54 Å². The zero-order valence-electron chi connectivity index (χ0n) is 9.03. The lowest BCUT2D eigenvalue weighted by Gasteiger charge is -2.11. The molecule has 1 atom stereocenters. The van der Waals surface area contributed by atoms with Gasteiger partial charge in [0.1, 0.15) is 6.04 Å². The van der Waals surface area contributed by atoms with Gasteiger partial charge in [-0.15, -0.1) is 0 Å². The van der Waals surface area contributed by atoms with Crippen LogP contribution in [0.2, 0.25) is 0 Å². The highest BCUT2D eigenvalue weighted by atomic mass is 16.5. The van der Waals surface area contributed by atoms with Crippen LogP contribution in [-0.4, -0.2) is 32.2 Å². The number of allylic oxidation sites excluding steroid dienone is 2. The zero-order valence-corrected chi connectivity index (χ0v) is 9.03. The van der Waals surface area contributed by atoms with Crippen molar-refractivity contribution in [3.05, 3.63) is 37.0 Å². The number of ether oxygens (including phenoxy) is 1. The molecular formula is C11H18N2O2. The minimum Gasteiger partial charge on any atom is -0.383 e. The van der Waals surface area contributed by atoms with Gasteiger partial charge in [-0.25, -0.2) is 0 Å². The van der Waals surface area contributed by atoms with Gasteiger partial charge < -0.3 is 15.8 Å². The molecule has 3 N–H and O–H groups in total. The van der Waals surface area contributed by atoms with Crippen LogP contribution in [0.4, 0.5) is 0 Å². The topological polar surface area (TPSA) is 64.4 Å². The van der Waals surface area contributed by atoms with E-state index in [1.54, 1.807) is 18.2 Å². The van der Waals surface area contributed by atoms with E-state index in [0.717, 1.165) is 5.57 Å². The van der Waals surface area contributed by atoms with E-state index in [2.05, 4.69) is 18.5 Å². The highest BCUT2D eigenvalue weighted by Crippen LogP contribution is 1.93. The Morgan fingerprint density at radius 2 is 2.27 bits per heavy atom. The monoisotopic (exact) mass is 210 g/mol. The van der Waals surface area contributed by atoms with Crippen LogP contribution >= 0.6 is 0 Å². The van der Waals surface area contributed by atoms with Crippen LogP contribution in [-0.2, 0) is 9.53 Å². The summed E-state index contributed by atoms with van der Waals surface area (Å²) in [5, 5.41) is 2.67. The number of rotatable bonds is 7. The van der Waals surface area contributed by atoms with Crippen molar-refractivity contribution >= 4 is 5.91 Å². The molecule has 4 nitrogen and oxygen atoms in total. The van der Waals surface area contributed by atoms with Crippen molar-refractivity contribution in [1.82, 2.24) is 5.32 Å². The first-order valence-electron chi connectivity index (χ1n) is 4.62. The summed E-state index contributed by atoms with van der Waals surface area (Å²) >= 11 is 0. The van der Waals surface area contributed by atoms with Crippen LogP contribution < -0.4 is 11.1 Å². The third kappa shape index (κ3) is 5.83. The first-order chi connectivity index (χ1) is 7.15. The lowest BCUT2D eigenvalue weighted by Crippen LogP contribution is -2.43. The second-order valence-corrected chi connectivity index (χ2v) is 2.96. The molecule has 0 aromatic heterocycles. The third-order valence-corrected chi connectivity index (χ3v) is 1.74. The van der Waals surface area contributed by atoms with Crippen LogP contribution in [0, 0.1) is 0 Å². The molecule has 0 aromatic carbocycles. The second-order valence-electron chi connectivity index (χ2n) is 2.96. The van der Waals surface area contributed by atoms with E-state index >= 15 is 0 Å². The zero-order chi connectivity index (χ0) is 11.7. The quantitative estimate of drug-likeness (QED) is 0.597. The molecule has 0 aromatic rings. The molecule has 1 unspecified atom stereocenters. The fraction of sp³-hybridized carbons (Fsp3) is 0.364. The van der Waals surface area contributed by atoms with Crippen LogP contribution in [0.5, 0.6) is 0 Å². The lowest BCUT2D eigenvalue weighted by atomic mass is 10.2. The molecule has 0 aliphatic rings. The summed E-state index contributed by atoms with van der Waals surface area (Å²) in [4.78, 5) is 11.4. The molecule has 0 saturated heterocycles. The Labute approximate surface area is 90.5 Å². The van der Waals surface area contributed by atoms with Gasteiger partial charge in [-0.05, 0) is 5.57 Å². The van der Waals surface area contributed by atoms with Gasteiger partial charge in [0.05, 0.1) is 6.61 Å². The number of nitrogens with one attached hydrogen (secondary N) is 1. The minimum absolute atomic E-state index is 0.209. The van der Waals surface area contributed by atoms with Crippen molar-refractivity contribution in [3.8, 4) is 0 Å².